The molecule has 0 atom stereocenters. The Bertz CT molecular complexity index is 185. The summed E-state index contributed by atoms with van der Waals surface area (Å²) in [6.45, 7) is 8.52. The molecule has 0 heterocycles. The number of primary amides is 1. The number of hydrogen-bond acceptors (Lipinski definition) is 2. The van der Waals surface area contributed by atoms with Gasteiger partial charge in [0, 0.05) is 12.5 Å². The lowest BCUT2D eigenvalue weighted by molar-refractivity contribution is -0.128. The van der Waals surface area contributed by atoms with E-state index >= 15 is 0 Å². The third kappa shape index (κ3) is 4.27. The van der Waals surface area contributed by atoms with E-state index in [1.165, 1.54) is 0 Å². The van der Waals surface area contributed by atoms with Crippen LogP contribution >= 0.6 is 0 Å². The quantitative estimate of drug-likeness (QED) is 0.710. The van der Waals surface area contributed by atoms with E-state index in [1.54, 1.807) is 7.11 Å². The van der Waals surface area contributed by atoms with Crippen LogP contribution in [0.3, 0.4) is 0 Å². The first-order valence-electron chi connectivity index (χ1n) is 4.50. The van der Waals surface area contributed by atoms with Crippen molar-refractivity contribution in [3.63, 3.8) is 0 Å². The van der Waals surface area contributed by atoms with Crippen molar-refractivity contribution >= 4 is 5.91 Å². The van der Waals surface area contributed by atoms with Crippen molar-refractivity contribution in [2.24, 2.45) is 16.6 Å². The normalized spacial score (nSPS) is 13.0. The SMILES string of the molecule is COCC(C)(C)CC(C)(C)C(N)=O. The van der Waals surface area contributed by atoms with E-state index in [0.29, 0.717) is 6.61 Å². The number of methoxy groups -OCH3 is 1. The van der Waals surface area contributed by atoms with Gasteiger partial charge in [-0.1, -0.05) is 27.7 Å². The van der Waals surface area contributed by atoms with E-state index in [2.05, 4.69) is 13.8 Å². The lowest BCUT2D eigenvalue weighted by atomic mass is 9.75. The molecule has 0 rings (SSSR count). The Labute approximate surface area is 80.6 Å². The number of hydrogen-bond donors (Lipinski definition) is 1. The molecule has 0 aromatic carbocycles. The van der Waals surface area contributed by atoms with Gasteiger partial charge >= 0.3 is 0 Å². The van der Waals surface area contributed by atoms with Crippen molar-refractivity contribution in [3.05, 3.63) is 0 Å². The largest absolute Gasteiger partial charge is 0.384 e. The number of nitrogens with two attached hydrogens (primary N) is 1. The van der Waals surface area contributed by atoms with Crippen molar-refractivity contribution in [1.29, 1.82) is 0 Å². The Morgan fingerprint density at radius 3 is 2.08 bits per heavy atom. The second kappa shape index (κ2) is 4.09. The maximum absolute atomic E-state index is 11.1. The van der Waals surface area contributed by atoms with Gasteiger partial charge < -0.3 is 10.5 Å². The minimum absolute atomic E-state index is 0.00667. The third-order valence-electron chi connectivity index (χ3n) is 2.12. The highest BCUT2D eigenvalue weighted by Crippen LogP contribution is 2.33. The van der Waals surface area contributed by atoms with E-state index in [1.807, 2.05) is 13.8 Å². The summed E-state index contributed by atoms with van der Waals surface area (Å²) >= 11 is 0. The van der Waals surface area contributed by atoms with Crippen LogP contribution in [0.1, 0.15) is 34.1 Å². The summed E-state index contributed by atoms with van der Waals surface area (Å²) in [7, 11) is 1.67. The van der Waals surface area contributed by atoms with Crippen LogP contribution in [0.25, 0.3) is 0 Å². The van der Waals surface area contributed by atoms with Crippen molar-refractivity contribution in [2.45, 2.75) is 34.1 Å². The fraction of sp³-hybridized carbons (Fsp3) is 0.900. The summed E-state index contributed by atoms with van der Waals surface area (Å²) in [5.74, 6) is -0.253. The summed E-state index contributed by atoms with van der Waals surface area (Å²) in [4.78, 5) is 11.1. The third-order valence-corrected chi connectivity index (χ3v) is 2.12. The van der Waals surface area contributed by atoms with Gasteiger partial charge in [-0.25, -0.2) is 0 Å². The van der Waals surface area contributed by atoms with Crippen LogP contribution in [0, 0.1) is 10.8 Å². The number of carbonyl (C=O) groups is 1. The predicted molar refractivity (Wildman–Crippen MR) is 53.2 cm³/mol. The number of rotatable bonds is 5. The minimum atomic E-state index is -0.456. The average Bonchev–Trinajstić information content (AvgIpc) is 1.83. The molecule has 0 bridgehead atoms. The number of ether oxygens (including phenoxy) is 1. The van der Waals surface area contributed by atoms with Gasteiger partial charge in [0.1, 0.15) is 0 Å². The summed E-state index contributed by atoms with van der Waals surface area (Å²) < 4.78 is 5.08. The Kier molecular flexibility index (Phi) is 3.91. The molecule has 0 fully saturated rings. The zero-order chi connectivity index (χ0) is 10.7. The molecular formula is C10H21NO2. The molecule has 0 spiro atoms. The van der Waals surface area contributed by atoms with Gasteiger partial charge in [0.25, 0.3) is 0 Å². The predicted octanol–water partition coefficient (Wildman–Crippen LogP) is 1.56. The van der Waals surface area contributed by atoms with Crippen LogP contribution in [-0.2, 0) is 9.53 Å². The molecule has 0 saturated carbocycles. The van der Waals surface area contributed by atoms with E-state index in [-0.39, 0.29) is 11.3 Å². The molecule has 0 unspecified atom stereocenters. The van der Waals surface area contributed by atoms with Gasteiger partial charge in [0.2, 0.25) is 5.91 Å². The lowest BCUT2D eigenvalue weighted by Gasteiger charge is -2.32. The molecule has 0 aromatic rings. The molecule has 2 N–H and O–H groups in total. The van der Waals surface area contributed by atoms with Crippen LogP contribution in [-0.4, -0.2) is 19.6 Å². The standard InChI is InChI=1S/C10H21NO2/c1-9(2,7-13-5)6-10(3,4)8(11)12/h6-7H2,1-5H3,(H2,11,12). The van der Waals surface area contributed by atoms with Crippen molar-refractivity contribution in [3.8, 4) is 0 Å². The minimum Gasteiger partial charge on any atom is -0.384 e. The van der Waals surface area contributed by atoms with E-state index in [4.69, 9.17) is 10.5 Å². The van der Waals surface area contributed by atoms with Crippen molar-refractivity contribution in [2.75, 3.05) is 13.7 Å². The van der Waals surface area contributed by atoms with Crippen LogP contribution in [0.15, 0.2) is 0 Å². The summed E-state index contributed by atoms with van der Waals surface area (Å²) in [6.07, 6.45) is 0.739. The maximum atomic E-state index is 11.1. The molecule has 3 heteroatoms. The van der Waals surface area contributed by atoms with Gasteiger partial charge in [0.05, 0.1) is 6.61 Å². The molecule has 0 aliphatic rings. The highest BCUT2D eigenvalue weighted by atomic mass is 16.5. The Hall–Kier alpha value is -0.570. The summed E-state index contributed by atoms with van der Waals surface area (Å²) in [5.41, 5.74) is 4.83. The van der Waals surface area contributed by atoms with E-state index in [0.717, 1.165) is 6.42 Å². The molecular weight excluding hydrogens is 166 g/mol. The molecule has 0 aliphatic heterocycles. The molecule has 0 aromatic heterocycles. The highest BCUT2D eigenvalue weighted by Gasteiger charge is 2.32. The topological polar surface area (TPSA) is 52.3 Å². The van der Waals surface area contributed by atoms with Crippen molar-refractivity contribution < 1.29 is 9.53 Å². The number of carbonyl (C=O) groups excluding carboxylic acids is 1. The van der Waals surface area contributed by atoms with E-state index < -0.39 is 5.41 Å². The van der Waals surface area contributed by atoms with Gasteiger partial charge in [-0.05, 0) is 11.8 Å². The van der Waals surface area contributed by atoms with Crippen LogP contribution in [0.2, 0.25) is 0 Å². The lowest BCUT2D eigenvalue weighted by Crippen LogP contribution is -2.37. The number of amides is 1. The van der Waals surface area contributed by atoms with Gasteiger partial charge in [0.15, 0.2) is 0 Å². The Balaban J connectivity index is 4.33. The molecule has 3 nitrogen and oxygen atoms in total. The zero-order valence-electron chi connectivity index (χ0n) is 9.31. The van der Waals surface area contributed by atoms with Gasteiger partial charge in [-0.15, -0.1) is 0 Å². The molecule has 13 heavy (non-hydrogen) atoms. The molecule has 0 saturated heterocycles. The van der Waals surface area contributed by atoms with Crippen LogP contribution < -0.4 is 5.73 Å². The summed E-state index contributed by atoms with van der Waals surface area (Å²) in [6, 6.07) is 0. The Morgan fingerprint density at radius 2 is 1.77 bits per heavy atom. The smallest absolute Gasteiger partial charge is 0.223 e. The zero-order valence-corrected chi connectivity index (χ0v) is 9.31. The highest BCUT2D eigenvalue weighted by molar-refractivity contribution is 5.79. The second-order valence-corrected chi connectivity index (χ2v) is 5.02. The fourth-order valence-corrected chi connectivity index (χ4v) is 1.73. The van der Waals surface area contributed by atoms with E-state index in [9.17, 15) is 4.79 Å². The first kappa shape index (κ1) is 12.4. The summed E-state index contributed by atoms with van der Waals surface area (Å²) in [5, 5.41) is 0. The van der Waals surface area contributed by atoms with Gasteiger partial charge in [-0.3, -0.25) is 4.79 Å². The first-order valence-corrected chi connectivity index (χ1v) is 4.50. The maximum Gasteiger partial charge on any atom is 0.223 e. The van der Waals surface area contributed by atoms with Gasteiger partial charge in [-0.2, -0.15) is 0 Å². The Morgan fingerprint density at radius 1 is 1.31 bits per heavy atom. The van der Waals surface area contributed by atoms with Crippen molar-refractivity contribution in [1.82, 2.24) is 0 Å². The molecule has 0 aliphatic carbocycles. The average molecular weight is 187 g/mol. The second-order valence-electron chi connectivity index (χ2n) is 5.02. The molecule has 78 valence electrons. The van der Waals surface area contributed by atoms with Crippen LogP contribution in [0.5, 0.6) is 0 Å². The monoisotopic (exact) mass is 187 g/mol. The fourth-order valence-electron chi connectivity index (χ4n) is 1.73. The first-order chi connectivity index (χ1) is 5.71. The molecule has 1 amide bonds. The molecule has 0 radical (unpaired) electrons. The van der Waals surface area contributed by atoms with Crippen LogP contribution in [0.4, 0.5) is 0 Å².